The monoisotopic (exact) mass is 444 g/mol. The van der Waals surface area contributed by atoms with E-state index in [0.29, 0.717) is 40.3 Å². The lowest BCUT2D eigenvalue weighted by Crippen LogP contribution is -2.21. The SMILES string of the molecule is O=C1Nc2ccc(F)cc2/C1=C\c1ccc(-c2ccccc2C(=O)CCCN2CCCC2)o1. The first-order valence-corrected chi connectivity index (χ1v) is 11.4. The van der Waals surface area contributed by atoms with Crippen LogP contribution in [0, 0.1) is 5.82 Å². The molecule has 2 aliphatic rings. The van der Waals surface area contributed by atoms with Crippen LogP contribution in [-0.4, -0.2) is 36.2 Å². The van der Waals surface area contributed by atoms with Crippen molar-refractivity contribution in [2.75, 3.05) is 25.0 Å². The van der Waals surface area contributed by atoms with Gasteiger partial charge in [0, 0.05) is 28.8 Å². The van der Waals surface area contributed by atoms with Crippen LogP contribution in [0.2, 0.25) is 0 Å². The molecule has 0 atom stereocenters. The Morgan fingerprint density at radius 3 is 2.73 bits per heavy atom. The highest BCUT2D eigenvalue weighted by Crippen LogP contribution is 2.35. The molecule has 0 aliphatic carbocycles. The van der Waals surface area contributed by atoms with Crippen LogP contribution in [0.25, 0.3) is 23.0 Å². The van der Waals surface area contributed by atoms with Crippen LogP contribution in [-0.2, 0) is 4.79 Å². The second kappa shape index (κ2) is 9.16. The van der Waals surface area contributed by atoms with E-state index in [1.165, 1.54) is 25.0 Å². The minimum Gasteiger partial charge on any atom is -0.457 e. The molecular weight excluding hydrogens is 419 g/mol. The molecule has 168 valence electrons. The van der Waals surface area contributed by atoms with E-state index in [4.69, 9.17) is 4.42 Å². The summed E-state index contributed by atoms with van der Waals surface area (Å²) in [6.07, 6.45) is 5.43. The fourth-order valence-corrected chi connectivity index (χ4v) is 4.57. The maximum absolute atomic E-state index is 13.7. The van der Waals surface area contributed by atoms with E-state index in [1.54, 1.807) is 24.3 Å². The van der Waals surface area contributed by atoms with Gasteiger partial charge in [-0.15, -0.1) is 0 Å². The van der Waals surface area contributed by atoms with Crippen molar-refractivity contribution in [3.8, 4) is 11.3 Å². The van der Waals surface area contributed by atoms with Crippen molar-refractivity contribution < 1.29 is 18.4 Å². The van der Waals surface area contributed by atoms with Crippen LogP contribution in [0.4, 0.5) is 10.1 Å². The van der Waals surface area contributed by atoms with Crippen molar-refractivity contribution >= 4 is 29.0 Å². The summed E-state index contributed by atoms with van der Waals surface area (Å²) < 4.78 is 19.7. The van der Waals surface area contributed by atoms with Gasteiger partial charge in [0.05, 0.1) is 5.57 Å². The first-order valence-electron chi connectivity index (χ1n) is 11.4. The number of anilines is 1. The van der Waals surface area contributed by atoms with Crippen LogP contribution in [0.5, 0.6) is 0 Å². The van der Waals surface area contributed by atoms with Gasteiger partial charge in [-0.25, -0.2) is 4.39 Å². The van der Waals surface area contributed by atoms with Crippen molar-refractivity contribution in [1.82, 2.24) is 4.90 Å². The Morgan fingerprint density at radius 2 is 1.88 bits per heavy atom. The summed E-state index contributed by atoms with van der Waals surface area (Å²) in [6, 6.07) is 15.2. The molecule has 0 radical (unpaired) electrons. The molecule has 0 unspecified atom stereocenters. The van der Waals surface area contributed by atoms with Crippen molar-refractivity contribution in [1.29, 1.82) is 0 Å². The Bertz CT molecular complexity index is 1240. The Kier molecular flexibility index (Phi) is 5.92. The molecule has 1 fully saturated rings. The zero-order valence-corrected chi connectivity index (χ0v) is 18.3. The van der Waals surface area contributed by atoms with Gasteiger partial charge in [0.1, 0.15) is 17.3 Å². The maximum atomic E-state index is 13.7. The van der Waals surface area contributed by atoms with E-state index in [9.17, 15) is 14.0 Å². The van der Waals surface area contributed by atoms with E-state index in [2.05, 4.69) is 10.2 Å². The molecular formula is C27H25FN2O3. The number of rotatable bonds is 7. The number of hydrogen-bond donors (Lipinski definition) is 1. The van der Waals surface area contributed by atoms with Crippen LogP contribution in [0.1, 0.15) is 47.4 Å². The van der Waals surface area contributed by atoms with E-state index in [1.807, 2.05) is 24.3 Å². The van der Waals surface area contributed by atoms with Crippen molar-refractivity contribution in [3.63, 3.8) is 0 Å². The second-order valence-electron chi connectivity index (χ2n) is 8.53. The van der Waals surface area contributed by atoms with E-state index < -0.39 is 5.82 Å². The first kappa shape index (κ1) is 21.3. The lowest BCUT2D eigenvalue weighted by molar-refractivity contribution is -0.110. The quantitative estimate of drug-likeness (QED) is 0.379. The third-order valence-electron chi connectivity index (χ3n) is 6.25. The number of likely N-dealkylation sites (tertiary alicyclic amines) is 1. The molecule has 0 bridgehead atoms. The molecule has 3 heterocycles. The van der Waals surface area contributed by atoms with Crippen molar-refractivity contribution in [2.24, 2.45) is 0 Å². The zero-order valence-electron chi connectivity index (χ0n) is 18.3. The topological polar surface area (TPSA) is 62.6 Å². The summed E-state index contributed by atoms with van der Waals surface area (Å²) in [6.45, 7) is 3.21. The minimum atomic E-state index is -0.409. The highest BCUT2D eigenvalue weighted by molar-refractivity contribution is 6.34. The first-order chi connectivity index (χ1) is 16.1. The number of fused-ring (bicyclic) bond motifs is 1. The highest BCUT2D eigenvalue weighted by atomic mass is 19.1. The molecule has 1 amide bonds. The van der Waals surface area contributed by atoms with Crippen LogP contribution in [0.3, 0.4) is 0 Å². The van der Waals surface area contributed by atoms with Crippen molar-refractivity contribution in [3.05, 3.63) is 77.3 Å². The van der Waals surface area contributed by atoms with Gasteiger partial charge in [-0.3, -0.25) is 9.59 Å². The van der Waals surface area contributed by atoms with Crippen LogP contribution in [0.15, 0.2) is 59.0 Å². The predicted molar refractivity (Wildman–Crippen MR) is 126 cm³/mol. The zero-order chi connectivity index (χ0) is 22.8. The number of nitrogens with one attached hydrogen (secondary N) is 1. The van der Waals surface area contributed by atoms with Gasteiger partial charge in [0.25, 0.3) is 5.91 Å². The minimum absolute atomic E-state index is 0.0978. The van der Waals surface area contributed by atoms with Gasteiger partial charge in [-0.2, -0.15) is 0 Å². The molecule has 3 aromatic rings. The Balaban J connectivity index is 1.35. The molecule has 6 heteroatoms. The van der Waals surface area contributed by atoms with Gasteiger partial charge < -0.3 is 14.6 Å². The number of carbonyl (C=O) groups excluding carboxylic acids is 2. The number of furan rings is 1. The summed E-state index contributed by atoms with van der Waals surface area (Å²) in [4.78, 5) is 27.7. The standard InChI is InChI=1S/C27H25FN2O3/c28-18-9-11-24-22(16-18)23(27(32)29-24)17-19-10-12-26(33-19)21-7-2-1-6-20(21)25(31)8-5-15-30-13-3-4-14-30/h1-2,6-7,9-12,16-17H,3-5,8,13-15H2,(H,29,32)/b23-17+. The number of halogens is 1. The van der Waals surface area contributed by atoms with Crippen molar-refractivity contribution in [2.45, 2.75) is 25.7 Å². The molecule has 5 nitrogen and oxygen atoms in total. The Labute approximate surface area is 191 Å². The summed E-state index contributed by atoms with van der Waals surface area (Å²) in [5.41, 5.74) is 2.79. The molecule has 33 heavy (non-hydrogen) atoms. The fourth-order valence-electron chi connectivity index (χ4n) is 4.57. The van der Waals surface area contributed by atoms with Gasteiger partial charge in [-0.05, 0) is 75.3 Å². The molecule has 1 N–H and O–H groups in total. The number of hydrogen-bond acceptors (Lipinski definition) is 4. The normalized spacial score (nSPS) is 16.9. The van der Waals surface area contributed by atoms with E-state index in [-0.39, 0.29) is 11.7 Å². The Morgan fingerprint density at radius 1 is 1.06 bits per heavy atom. The lowest BCUT2D eigenvalue weighted by atomic mass is 9.99. The fraction of sp³-hybridized carbons (Fsp3) is 0.259. The number of nitrogens with zero attached hydrogens (tertiary/aromatic N) is 1. The number of carbonyl (C=O) groups is 2. The molecule has 0 spiro atoms. The Hall–Kier alpha value is -3.51. The largest absolute Gasteiger partial charge is 0.457 e. The number of ketones is 1. The molecule has 1 aromatic heterocycles. The van der Waals surface area contributed by atoms with Gasteiger partial charge >= 0.3 is 0 Å². The molecule has 2 aromatic carbocycles. The third kappa shape index (κ3) is 4.52. The summed E-state index contributed by atoms with van der Waals surface area (Å²) >= 11 is 0. The van der Waals surface area contributed by atoms with E-state index in [0.717, 1.165) is 31.6 Å². The van der Waals surface area contributed by atoms with Crippen LogP contribution < -0.4 is 5.32 Å². The van der Waals surface area contributed by atoms with Gasteiger partial charge in [-0.1, -0.05) is 24.3 Å². The van der Waals surface area contributed by atoms with E-state index >= 15 is 0 Å². The summed E-state index contributed by atoms with van der Waals surface area (Å²) in [7, 11) is 0. The maximum Gasteiger partial charge on any atom is 0.256 e. The number of amides is 1. The molecule has 2 aliphatic heterocycles. The highest BCUT2D eigenvalue weighted by Gasteiger charge is 2.25. The summed E-state index contributed by atoms with van der Waals surface area (Å²) in [5, 5.41) is 2.73. The van der Waals surface area contributed by atoms with Crippen LogP contribution >= 0.6 is 0 Å². The number of benzene rings is 2. The van der Waals surface area contributed by atoms with Gasteiger partial charge in [0.2, 0.25) is 0 Å². The smallest absolute Gasteiger partial charge is 0.256 e. The average Bonchev–Trinajstić information content (AvgIpc) is 3.56. The predicted octanol–water partition coefficient (Wildman–Crippen LogP) is 5.64. The average molecular weight is 445 g/mol. The molecule has 5 rings (SSSR count). The third-order valence-corrected chi connectivity index (χ3v) is 6.25. The number of Topliss-reactive ketones (excluding diaryl/α,β-unsaturated/α-hetero) is 1. The second-order valence-corrected chi connectivity index (χ2v) is 8.53. The lowest BCUT2D eigenvalue weighted by Gasteiger charge is -2.14. The molecule has 0 saturated carbocycles. The molecule has 1 saturated heterocycles. The van der Waals surface area contributed by atoms with Gasteiger partial charge in [0.15, 0.2) is 5.78 Å². The summed E-state index contributed by atoms with van der Waals surface area (Å²) in [5.74, 6) is 0.406.